The molecule has 0 bridgehead atoms. The molecule has 1 aromatic carbocycles. The third-order valence-corrected chi connectivity index (χ3v) is 6.36. The van der Waals surface area contributed by atoms with Gasteiger partial charge in [0.2, 0.25) is 10.0 Å². The second-order valence-corrected chi connectivity index (χ2v) is 7.81. The average molecular weight is 331 g/mol. The van der Waals surface area contributed by atoms with E-state index in [2.05, 4.69) is 6.92 Å². The van der Waals surface area contributed by atoms with E-state index in [1.165, 1.54) is 0 Å². The van der Waals surface area contributed by atoms with E-state index >= 15 is 0 Å². The summed E-state index contributed by atoms with van der Waals surface area (Å²) in [6.07, 6.45) is 4.88. The third kappa shape index (κ3) is 3.59. The standard InChI is InChI=1S/C15H23ClN2O2S/c1-2-5-13-6-3-4-9-18(13)21(19,20)14-7-8-15(16)12(10-14)11-17/h7-8,10,13H,2-6,9,11,17H2,1H3. The first-order valence-corrected chi connectivity index (χ1v) is 9.32. The van der Waals surface area contributed by atoms with Crippen LogP contribution in [0.3, 0.4) is 0 Å². The first-order chi connectivity index (χ1) is 10.0. The highest BCUT2D eigenvalue weighted by molar-refractivity contribution is 7.89. The Hall–Kier alpha value is -0.620. The molecule has 1 aliphatic rings. The number of piperidine rings is 1. The van der Waals surface area contributed by atoms with Crippen molar-refractivity contribution < 1.29 is 8.42 Å². The molecule has 4 nitrogen and oxygen atoms in total. The van der Waals surface area contributed by atoms with Gasteiger partial charge in [-0.3, -0.25) is 0 Å². The second-order valence-electron chi connectivity index (χ2n) is 5.51. The topological polar surface area (TPSA) is 63.4 Å². The number of nitrogens with two attached hydrogens (primary N) is 1. The molecule has 0 aliphatic carbocycles. The van der Waals surface area contributed by atoms with Crippen molar-refractivity contribution in [3.05, 3.63) is 28.8 Å². The Balaban J connectivity index is 2.35. The molecule has 1 aromatic rings. The van der Waals surface area contributed by atoms with Gasteiger partial charge in [0.05, 0.1) is 4.90 Å². The minimum atomic E-state index is -3.46. The lowest BCUT2D eigenvalue weighted by Crippen LogP contribution is -2.43. The van der Waals surface area contributed by atoms with Crippen molar-refractivity contribution in [2.45, 2.75) is 56.5 Å². The van der Waals surface area contributed by atoms with E-state index in [-0.39, 0.29) is 12.6 Å². The highest BCUT2D eigenvalue weighted by Gasteiger charge is 2.33. The van der Waals surface area contributed by atoms with Crippen LogP contribution in [0.25, 0.3) is 0 Å². The van der Waals surface area contributed by atoms with Crippen molar-refractivity contribution in [3.8, 4) is 0 Å². The largest absolute Gasteiger partial charge is 0.326 e. The summed E-state index contributed by atoms with van der Waals surface area (Å²) in [5.74, 6) is 0. The van der Waals surface area contributed by atoms with Crippen LogP contribution in [0.5, 0.6) is 0 Å². The van der Waals surface area contributed by atoms with Crippen LogP contribution >= 0.6 is 11.6 Å². The maximum Gasteiger partial charge on any atom is 0.243 e. The summed E-state index contributed by atoms with van der Waals surface area (Å²) in [7, 11) is -3.46. The smallest absolute Gasteiger partial charge is 0.243 e. The highest BCUT2D eigenvalue weighted by atomic mass is 35.5. The fraction of sp³-hybridized carbons (Fsp3) is 0.600. The Morgan fingerprint density at radius 3 is 2.81 bits per heavy atom. The summed E-state index contributed by atoms with van der Waals surface area (Å²) in [5.41, 5.74) is 6.29. The molecule has 1 atom stereocenters. The van der Waals surface area contributed by atoms with Gasteiger partial charge >= 0.3 is 0 Å². The van der Waals surface area contributed by atoms with Gasteiger partial charge in [-0.2, -0.15) is 4.31 Å². The van der Waals surface area contributed by atoms with Crippen molar-refractivity contribution in [2.24, 2.45) is 5.73 Å². The van der Waals surface area contributed by atoms with E-state index in [1.807, 2.05) is 0 Å². The maximum atomic E-state index is 12.9. The van der Waals surface area contributed by atoms with Gasteiger partial charge in [0, 0.05) is 24.2 Å². The number of rotatable bonds is 5. The first kappa shape index (κ1) is 16.7. The van der Waals surface area contributed by atoms with E-state index in [1.54, 1.807) is 22.5 Å². The third-order valence-electron chi connectivity index (χ3n) is 4.04. The molecule has 118 valence electrons. The Bertz CT molecular complexity index is 587. The SMILES string of the molecule is CCCC1CCCCN1S(=O)(=O)c1ccc(Cl)c(CN)c1. The monoisotopic (exact) mass is 330 g/mol. The molecule has 0 spiro atoms. The summed E-state index contributed by atoms with van der Waals surface area (Å²) >= 11 is 6.02. The van der Waals surface area contributed by atoms with Crippen molar-refractivity contribution in [1.82, 2.24) is 4.31 Å². The minimum Gasteiger partial charge on any atom is -0.326 e. The summed E-state index contributed by atoms with van der Waals surface area (Å²) in [4.78, 5) is 0.301. The number of benzene rings is 1. The van der Waals surface area contributed by atoms with E-state index in [4.69, 9.17) is 17.3 Å². The highest BCUT2D eigenvalue weighted by Crippen LogP contribution is 2.29. The molecule has 2 N–H and O–H groups in total. The number of halogens is 1. The van der Waals surface area contributed by atoms with Crippen molar-refractivity contribution >= 4 is 21.6 Å². The predicted molar refractivity (Wildman–Crippen MR) is 85.8 cm³/mol. The zero-order valence-corrected chi connectivity index (χ0v) is 14.0. The fourth-order valence-electron chi connectivity index (χ4n) is 2.92. The number of sulfonamides is 1. The normalized spacial score (nSPS) is 20.6. The fourth-order valence-corrected chi connectivity index (χ4v) is 4.89. The van der Waals surface area contributed by atoms with E-state index in [0.29, 0.717) is 22.0 Å². The lowest BCUT2D eigenvalue weighted by atomic mass is 10.0. The molecular weight excluding hydrogens is 308 g/mol. The lowest BCUT2D eigenvalue weighted by Gasteiger charge is -2.34. The molecule has 1 unspecified atom stereocenters. The Morgan fingerprint density at radius 2 is 2.14 bits per heavy atom. The van der Waals surface area contributed by atoms with Crippen LogP contribution in [0.15, 0.2) is 23.1 Å². The molecule has 0 aromatic heterocycles. The quantitative estimate of drug-likeness (QED) is 0.902. The van der Waals surface area contributed by atoms with Gasteiger partial charge < -0.3 is 5.73 Å². The molecule has 1 aliphatic heterocycles. The zero-order chi connectivity index (χ0) is 15.5. The van der Waals surface area contributed by atoms with Crippen molar-refractivity contribution in [3.63, 3.8) is 0 Å². The van der Waals surface area contributed by atoms with Crippen LogP contribution < -0.4 is 5.73 Å². The first-order valence-electron chi connectivity index (χ1n) is 7.51. The van der Waals surface area contributed by atoms with Crippen LogP contribution in [0.4, 0.5) is 0 Å². The van der Waals surface area contributed by atoms with Crippen molar-refractivity contribution in [2.75, 3.05) is 6.54 Å². The van der Waals surface area contributed by atoms with Crippen LogP contribution in [-0.2, 0) is 16.6 Å². The molecule has 1 heterocycles. The van der Waals surface area contributed by atoms with Gasteiger partial charge in [-0.25, -0.2) is 8.42 Å². The summed E-state index contributed by atoms with van der Waals surface area (Å²) in [6.45, 7) is 2.93. The Labute approximate surface area is 132 Å². The summed E-state index contributed by atoms with van der Waals surface area (Å²) in [5, 5.41) is 0.514. The van der Waals surface area contributed by atoms with Crippen LogP contribution in [0.1, 0.15) is 44.6 Å². The van der Waals surface area contributed by atoms with Crippen molar-refractivity contribution in [1.29, 1.82) is 0 Å². The average Bonchev–Trinajstić information content (AvgIpc) is 2.48. The van der Waals surface area contributed by atoms with Crippen LogP contribution in [-0.4, -0.2) is 25.3 Å². The summed E-state index contributed by atoms with van der Waals surface area (Å²) in [6, 6.07) is 4.92. The number of hydrogen-bond acceptors (Lipinski definition) is 3. The van der Waals surface area contributed by atoms with Gasteiger partial charge in [0.1, 0.15) is 0 Å². The van der Waals surface area contributed by atoms with Crippen LogP contribution in [0, 0.1) is 0 Å². The van der Waals surface area contributed by atoms with Gasteiger partial charge in [0.25, 0.3) is 0 Å². The van der Waals surface area contributed by atoms with E-state index < -0.39 is 10.0 Å². The molecule has 0 amide bonds. The van der Waals surface area contributed by atoms with Gasteiger partial charge in [-0.15, -0.1) is 0 Å². The zero-order valence-electron chi connectivity index (χ0n) is 12.4. The minimum absolute atomic E-state index is 0.116. The van der Waals surface area contributed by atoms with Gasteiger partial charge in [0.15, 0.2) is 0 Å². The predicted octanol–water partition coefficient (Wildman–Crippen LogP) is 3.14. The number of hydrogen-bond donors (Lipinski definition) is 1. The maximum absolute atomic E-state index is 12.9. The molecule has 1 saturated heterocycles. The molecule has 6 heteroatoms. The second kappa shape index (κ2) is 7.09. The molecule has 21 heavy (non-hydrogen) atoms. The lowest BCUT2D eigenvalue weighted by molar-refractivity contribution is 0.239. The Morgan fingerprint density at radius 1 is 1.38 bits per heavy atom. The molecule has 1 fully saturated rings. The van der Waals surface area contributed by atoms with Gasteiger partial charge in [-0.1, -0.05) is 31.4 Å². The van der Waals surface area contributed by atoms with E-state index in [0.717, 1.165) is 32.1 Å². The molecular formula is C15H23ClN2O2S. The molecule has 0 radical (unpaired) electrons. The Kier molecular flexibility index (Phi) is 5.66. The molecule has 2 rings (SSSR count). The van der Waals surface area contributed by atoms with Crippen LogP contribution in [0.2, 0.25) is 5.02 Å². The van der Waals surface area contributed by atoms with E-state index in [9.17, 15) is 8.42 Å². The van der Waals surface area contributed by atoms with Gasteiger partial charge in [-0.05, 0) is 43.0 Å². The summed E-state index contributed by atoms with van der Waals surface area (Å²) < 4.78 is 27.5. The molecule has 0 saturated carbocycles. The number of nitrogens with zero attached hydrogens (tertiary/aromatic N) is 1.